The Morgan fingerprint density at radius 1 is 1.15 bits per heavy atom. The molecule has 0 spiro atoms. The highest BCUT2D eigenvalue weighted by Gasteiger charge is 2.67. The van der Waals surface area contributed by atoms with Crippen LogP contribution in [0.4, 0.5) is 24.5 Å². The molecule has 2 aliphatic rings. The molecular formula is C27H29F3N10. The highest BCUT2D eigenvalue weighted by Crippen LogP contribution is 2.53. The molecule has 3 heterocycles. The zero-order valence-corrected chi connectivity index (χ0v) is 22.5. The van der Waals surface area contributed by atoms with Crippen LogP contribution in [0.3, 0.4) is 0 Å². The summed E-state index contributed by atoms with van der Waals surface area (Å²) in [6.45, 7) is 6.75. The lowest BCUT2D eigenvalue weighted by Gasteiger charge is -2.28. The van der Waals surface area contributed by atoms with Gasteiger partial charge in [0, 0.05) is 43.3 Å². The predicted molar refractivity (Wildman–Crippen MR) is 143 cm³/mol. The first-order valence-corrected chi connectivity index (χ1v) is 12.7. The van der Waals surface area contributed by atoms with E-state index in [1.165, 1.54) is 12.4 Å². The van der Waals surface area contributed by atoms with Gasteiger partial charge in [0.25, 0.3) is 0 Å². The fraction of sp³-hybridized carbons (Fsp3) is 0.407. The van der Waals surface area contributed by atoms with Crippen LogP contribution in [0, 0.1) is 28.1 Å². The molecule has 208 valence electrons. The molecule has 0 bridgehead atoms. The number of aromatic nitrogens is 3. The fourth-order valence-corrected chi connectivity index (χ4v) is 4.73. The van der Waals surface area contributed by atoms with Gasteiger partial charge in [-0.25, -0.2) is 0 Å². The van der Waals surface area contributed by atoms with Crippen molar-refractivity contribution < 1.29 is 13.2 Å². The Hall–Kier alpha value is -4.49. The zero-order valence-electron chi connectivity index (χ0n) is 22.5. The molecule has 1 saturated carbocycles. The van der Waals surface area contributed by atoms with Crippen molar-refractivity contribution >= 4 is 22.3 Å². The quantitative estimate of drug-likeness (QED) is 0.334. The van der Waals surface area contributed by atoms with E-state index in [2.05, 4.69) is 64.6 Å². The van der Waals surface area contributed by atoms with Crippen molar-refractivity contribution in [1.29, 1.82) is 10.5 Å². The van der Waals surface area contributed by atoms with E-state index < -0.39 is 17.8 Å². The molecule has 1 atom stereocenters. The van der Waals surface area contributed by atoms with Crippen LogP contribution in [0.2, 0.25) is 0 Å². The zero-order chi connectivity index (χ0) is 28.9. The maximum Gasteiger partial charge on any atom is 0.413 e. The van der Waals surface area contributed by atoms with E-state index in [-0.39, 0.29) is 23.8 Å². The third-order valence-corrected chi connectivity index (χ3v) is 7.09. The fourth-order valence-electron chi connectivity index (χ4n) is 4.73. The summed E-state index contributed by atoms with van der Waals surface area (Å²) in [5.74, 6) is 0. The number of pyridine rings is 1. The SMILES string of the molecule is Cn1nccc1[C@H](Nc1cc(C#N)c2ncc(C#N)c(NCC(C)(C)C)c2c1)C1=CN(C2(C(F)(F)F)CC2)NN1. The third kappa shape index (κ3) is 4.84. The highest BCUT2D eigenvalue weighted by molar-refractivity contribution is 5.99. The minimum absolute atomic E-state index is 0.00641. The molecule has 1 fully saturated rings. The van der Waals surface area contributed by atoms with Crippen molar-refractivity contribution in [2.75, 3.05) is 17.2 Å². The number of nitriles is 2. The van der Waals surface area contributed by atoms with E-state index >= 15 is 0 Å². The molecule has 2 aromatic heterocycles. The van der Waals surface area contributed by atoms with Crippen LogP contribution in [0.25, 0.3) is 10.9 Å². The molecule has 1 aliphatic heterocycles. The maximum absolute atomic E-state index is 13.8. The predicted octanol–water partition coefficient (Wildman–Crippen LogP) is 4.58. The van der Waals surface area contributed by atoms with E-state index in [1.54, 1.807) is 36.1 Å². The van der Waals surface area contributed by atoms with Crippen molar-refractivity contribution in [2.24, 2.45) is 12.5 Å². The second-order valence-electron chi connectivity index (χ2n) is 11.3. The van der Waals surface area contributed by atoms with Gasteiger partial charge in [0.05, 0.1) is 33.7 Å². The average molecular weight is 551 g/mol. The molecule has 0 unspecified atom stereocenters. The van der Waals surface area contributed by atoms with E-state index in [1.807, 2.05) is 0 Å². The van der Waals surface area contributed by atoms with Crippen molar-refractivity contribution in [3.8, 4) is 12.1 Å². The van der Waals surface area contributed by atoms with Gasteiger partial charge in [-0.2, -0.15) is 28.8 Å². The first kappa shape index (κ1) is 27.1. The van der Waals surface area contributed by atoms with Gasteiger partial charge >= 0.3 is 6.18 Å². The van der Waals surface area contributed by atoms with Gasteiger partial charge in [-0.3, -0.25) is 14.7 Å². The van der Waals surface area contributed by atoms with Crippen LogP contribution < -0.4 is 21.6 Å². The van der Waals surface area contributed by atoms with Crippen molar-refractivity contribution in [2.45, 2.75) is 51.4 Å². The third-order valence-electron chi connectivity index (χ3n) is 7.09. The minimum Gasteiger partial charge on any atom is -0.383 e. The number of nitrogens with one attached hydrogen (secondary N) is 4. The topological polar surface area (TPSA) is 130 Å². The van der Waals surface area contributed by atoms with Gasteiger partial charge < -0.3 is 16.1 Å². The Bertz CT molecular complexity index is 1560. The monoisotopic (exact) mass is 550 g/mol. The normalized spacial score (nSPS) is 17.0. The highest BCUT2D eigenvalue weighted by atomic mass is 19.4. The largest absolute Gasteiger partial charge is 0.413 e. The van der Waals surface area contributed by atoms with Gasteiger partial charge in [-0.15, -0.1) is 5.53 Å². The molecule has 0 radical (unpaired) electrons. The Morgan fingerprint density at radius 3 is 2.45 bits per heavy atom. The van der Waals surface area contributed by atoms with Crippen LogP contribution in [0.15, 0.2) is 42.5 Å². The van der Waals surface area contributed by atoms with Crippen LogP contribution in [0.5, 0.6) is 0 Å². The first-order valence-electron chi connectivity index (χ1n) is 12.7. The number of rotatable bonds is 7. The van der Waals surface area contributed by atoms with Gasteiger partial charge in [0.1, 0.15) is 18.2 Å². The number of benzene rings is 1. The van der Waals surface area contributed by atoms with Crippen LogP contribution in [-0.4, -0.2) is 38.0 Å². The molecule has 0 saturated heterocycles. The second kappa shape index (κ2) is 9.61. The summed E-state index contributed by atoms with van der Waals surface area (Å²) in [6, 6.07) is 8.88. The molecular weight excluding hydrogens is 521 g/mol. The van der Waals surface area contributed by atoms with Gasteiger partial charge in [-0.05, 0) is 36.5 Å². The number of hydrazine groups is 2. The van der Waals surface area contributed by atoms with Gasteiger partial charge in [0.2, 0.25) is 0 Å². The number of alkyl halides is 3. The van der Waals surface area contributed by atoms with E-state index in [9.17, 15) is 23.7 Å². The van der Waals surface area contributed by atoms with Crippen LogP contribution >= 0.6 is 0 Å². The molecule has 1 aliphatic carbocycles. The van der Waals surface area contributed by atoms with E-state index in [0.717, 1.165) is 5.01 Å². The standard InChI is InChI=1S/C27H29F3N10/c1-25(2,3)15-34-23-17(12-32)13-33-22-16(11-31)9-18(10-19(22)23)36-24(21-5-8-35-39(21)4)20-14-40(38-37-20)26(6-7-26)27(28,29)30/h5,8-10,13-14,24,36-38H,6-7,15H2,1-4H3,(H,33,34)/t24-/m1/s1. The number of hydrogen-bond donors (Lipinski definition) is 4. The smallest absolute Gasteiger partial charge is 0.383 e. The number of halogens is 3. The summed E-state index contributed by atoms with van der Waals surface area (Å²) >= 11 is 0. The summed E-state index contributed by atoms with van der Waals surface area (Å²) in [4.78, 5) is 4.38. The lowest BCUT2D eigenvalue weighted by molar-refractivity contribution is -0.195. The first-order chi connectivity index (χ1) is 18.9. The summed E-state index contributed by atoms with van der Waals surface area (Å²) in [7, 11) is 1.74. The molecule has 4 N–H and O–H groups in total. The van der Waals surface area contributed by atoms with Crippen LogP contribution in [0.1, 0.15) is 56.5 Å². The Morgan fingerprint density at radius 2 is 1.88 bits per heavy atom. The second-order valence-corrected chi connectivity index (χ2v) is 11.3. The summed E-state index contributed by atoms with van der Waals surface area (Å²) in [5.41, 5.74) is 6.76. The number of aryl methyl sites for hydroxylation is 1. The van der Waals surface area contributed by atoms with Crippen molar-refractivity contribution in [1.82, 2.24) is 30.7 Å². The molecule has 3 aromatic rings. The lowest BCUT2D eigenvalue weighted by atomic mass is 9.96. The summed E-state index contributed by atoms with van der Waals surface area (Å²) < 4.78 is 43.0. The summed E-state index contributed by atoms with van der Waals surface area (Å²) in [5, 5.41) is 32.3. The van der Waals surface area contributed by atoms with Crippen molar-refractivity contribution in [3.63, 3.8) is 0 Å². The minimum atomic E-state index is -4.40. The molecule has 10 nitrogen and oxygen atoms in total. The Balaban J connectivity index is 1.58. The maximum atomic E-state index is 13.8. The van der Waals surface area contributed by atoms with E-state index in [4.69, 9.17) is 0 Å². The molecule has 0 amide bonds. The molecule has 13 heteroatoms. The number of anilines is 2. The Labute approximate surface area is 229 Å². The average Bonchev–Trinajstić information content (AvgIpc) is 3.39. The molecule has 5 rings (SSSR count). The number of hydrogen-bond acceptors (Lipinski definition) is 9. The molecule has 40 heavy (non-hydrogen) atoms. The van der Waals surface area contributed by atoms with Gasteiger partial charge in [0.15, 0.2) is 5.54 Å². The van der Waals surface area contributed by atoms with Crippen molar-refractivity contribution in [3.05, 3.63) is 59.3 Å². The van der Waals surface area contributed by atoms with Gasteiger partial charge in [-0.1, -0.05) is 20.8 Å². The molecule has 1 aromatic carbocycles. The Kier molecular flexibility index (Phi) is 6.51. The number of fused-ring (bicyclic) bond motifs is 1. The lowest BCUT2D eigenvalue weighted by Crippen LogP contribution is -2.52. The van der Waals surface area contributed by atoms with Crippen LogP contribution in [-0.2, 0) is 7.05 Å². The number of nitrogens with zero attached hydrogens (tertiary/aromatic N) is 6. The summed E-state index contributed by atoms with van der Waals surface area (Å²) in [6.07, 6.45) is 0.0539. The van der Waals surface area contributed by atoms with E-state index in [0.29, 0.717) is 45.8 Å².